The van der Waals surface area contributed by atoms with Crippen LogP contribution in [0.5, 0.6) is 0 Å². The number of aromatic amines is 1. The van der Waals surface area contributed by atoms with Gasteiger partial charge in [-0.15, -0.1) is 0 Å². The minimum atomic E-state index is -0.356. The molecule has 0 saturated heterocycles. The second-order valence-electron chi connectivity index (χ2n) is 3.58. The number of carbonyl (C=O) groups excluding carboxylic acids is 1. The predicted molar refractivity (Wildman–Crippen MR) is 66.1 cm³/mol. The molecule has 18 heavy (non-hydrogen) atoms. The number of pyridine rings is 1. The highest BCUT2D eigenvalue weighted by Gasteiger charge is 2.06. The van der Waals surface area contributed by atoms with Crippen LogP contribution in [0.2, 0.25) is 0 Å². The quantitative estimate of drug-likeness (QED) is 0.783. The van der Waals surface area contributed by atoms with Crippen LogP contribution in [0.1, 0.15) is 23.0 Å². The average molecular weight is 246 g/mol. The fourth-order valence-corrected chi connectivity index (χ4v) is 1.40. The van der Waals surface area contributed by atoms with E-state index in [0.29, 0.717) is 24.5 Å². The maximum atomic E-state index is 11.4. The fourth-order valence-electron chi connectivity index (χ4n) is 1.40. The zero-order valence-corrected chi connectivity index (χ0v) is 10.0. The van der Waals surface area contributed by atoms with Gasteiger partial charge in [-0.1, -0.05) is 0 Å². The lowest BCUT2D eigenvalue weighted by Crippen LogP contribution is -2.06. The predicted octanol–water partition coefficient (Wildman–Crippen LogP) is 1.59. The topological polar surface area (TPSA) is 79.9 Å². The molecule has 94 valence electrons. The molecule has 0 saturated carbocycles. The van der Waals surface area contributed by atoms with Crippen LogP contribution in [0, 0.1) is 0 Å². The van der Waals surface area contributed by atoms with E-state index in [9.17, 15) is 4.79 Å². The molecule has 2 heterocycles. The van der Waals surface area contributed by atoms with Crippen LogP contribution in [-0.4, -0.2) is 27.5 Å². The summed E-state index contributed by atoms with van der Waals surface area (Å²) in [6.45, 7) is 2.73. The van der Waals surface area contributed by atoms with Crippen LogP contribution < -0.4 is 5.32 Å². The van der Waals surface area contributed by atoms with Gasteiger partial charge in [0.05, 0.1) is 30.7 Å². The standard InChI is InChI=1S/C12H14N4O2/c1-2-18-12(17)9-3-4-11(14-5-9)15-7-10-6-13-8-16-10/h3-6,8H,2,7H2,1H3,(H,13,16)(H,14,15). The first-order valence-corrected chi connectivity index (χ1v) is 5.64. The van der Waals surface area contributed by atoms with Gasteiger partial charge in [0.25, 0.3) is 0 Å². The van der Waals surface area contributed by atoms with Gasteiger partial charge in [0.15, 0.2) is 0 Å². The number of aromatic nitrogens is 3. The number of hydrogen-bond acceptors (Lipinski definition) is 5. The molecule has 0 atom stereocenters. The van der Waals surface area contributed by atoms with Gasteiger partial charge in [0.1, 0.15) is 5.82 Å². The summed E-state index contributed by atoms with van der Waals surface area (Å²) in [5.41, 5.74) is 1.41. The van der Waals surface area contributed by atoms with E-state index in [0.717, 1.165) is 5.69 Å². The number of anilines is 1. The zero-order valence-electron chi connectivity index (χ0n) is 10.0. The summed E-state index contributed by atoms with van der Waals surface area (Å²) in [4.78, 5) is 22.4. The monoisotopic (exact) mass is 246 g/mol. The molecule has 2 aromatic rings. The average Bonchev–Trinajstić information content (AvgIpc) is 2.90. The summed E-state index contributed by atoms with van der Waals surface area (Å²) in [7, 11) is 0. The van der Waals surface area contributed by atoms with Gasteiger partial charge in [-0.2, -0.15) is 0 Å². The van der Waals surface area contributed by atoms with E-state index in [1.54, 1.807) is 31.6 Å². The molecule has 0 amide bonds. The van der Waals surface area contributed by atoms with Crippen LogP contribution >= 0.6 is 0 Å². The van der Waals surface area contributed by atoms with E-state index >= 15 is 0 Å². The van der Waals surface area contributed by atoms with Crippen LogP contribution in [0.15, 0.2) is 30.9 Å². The van der Waals surface area contributed by atoms with E-state index in [-0.39, 0.29) is 5.97 Å². The van der Waals surface area contributed by atoms with Crippen molar-refractivity contribution in [3.05, 3.63) is 42.1 Å². The Morgan fingerprint density at radius 2 is 2.33 bits per heavy atom. The Morgan fingerprint density at radius 1 is 1.44 bits per heavy atom. The third kappa shape index (κ3) is 3.07. The Bertz CT molecular complexity index is 493. The fraction of sp³-hybridized carbons (Fsp3) is 0.250. The lowest BCUT2D eigenvalue weighted by molar-refractivity contribution is 0.0526. The number of hydrogen-bond donors (Lipinski definition) is 2. The molecule has 2 N–H and O–H groups in total. The molecule has 0 aliphatic heterocycles. The van der Waals surface area contributed by atoms with Crippen molar-refractivity contribution in [3.63, 3.8) is 0 Å². The molecule has 2 aromatic heterocycles. The van der Waals surface area contributed by atoms with Crippen LogP contribution in [0.3, 0.4) is 0 Å². The summed E-state index contributed by atoms with van der Waals surface area (Å²) in [5.74, 6) is 0.336. The smallest absolute Gasteiger partial charge is 0.339 e. The van der Waals surface area contributed by atoms with Crippen LogP contribution in [0.4, 0.5) is 5.82 Å². The molecular formula is C12H14N4O2. The van der Waals surface area contributed by atoms with Crippen LogP contribution in [-0.2, 0) is 11.3 Å². The first-order chi connectivity index (χ1) is 8.79. The number of carbonyl (C=O) groups is 1. The third-order valence-electron chi connectivity index (χ3n) is 2.29. The molecule has 0 aliphatic carbocycles. The number of nitrogens with one attached hydrogen (secondary N) is 2. The minimum absolute atomic E-state index is 0.356. The Morgan fingerprint density at radius 3 is 2.94 bits per heavy atom. The second kappa shape index (κ2) is 5.81. The highest BCUT2D eigenvalue weighted by Crippen LogP contribution is 2.07. The van der Waals surface area contributed by atoms with Crippen molar-refractivity contribution >= 4 is 11.8 Å². The van der Waals surface area contributed by atoms with Gasteiger partial charge in [-0.25, -0.2) is 14.8 Å². The number of imidazole rings is 1. The normalized spacial score (nSPS) is 10.1. The molecule has 0 unspecified atom stereocenters. The van der Waals surface area contributed by atoms with Crippen molar-refractivity contribution in [2.45, 2.75) is 13.5 Å². The van der Waals surface area contributed by atoms with Crippen molar-refractivity contribution in [2.24, 2.45) is 0 Å². The van der Waals surface area contributed by atoms with Crippen molar-refractivity contribution < 1.29 is 9.53 Å². The first kappa shape index (κ1) is 12.1. The highest BCUT2D eigenvalue weighted by atomic mass is 16.5. The summed E-state index contributed by atoms with van der Waals surface area (Å²) < 4.78 is 4.87. The molecule has 2 rings (SSSR count). The lowest BCUT2D eigenvalue weighted by atomic mass is 10.3. The number of H-pyrrole nitrogens is 1. The Kier molecular flexibility index (Phi) is 3.90. The molecule has 0 aliphatic rings. The van der Waals surface area contributed by atoms with E-state index < -0.39 is 0 Å². The van der Waals surface area contributed by atoms with E-state index in [4.69, 9.17) is 4.74 Å². The molecular weight excluding hydrogens is 232 g/mol. The van der Waals surface area contributed by atoms with Crippen molar-refractivity contribution in [2.75, 3.05) is 11.9 Å². The Balaban J connectivity index is 1.93. The number of ether oxygens (including phenoxy) is 1. The number of nitrogens with zero attached hydrogens (tertiary/aromatic N) is 2. The van der Waals surface area contributed by atoms with Crippen molar-refractivity contribution in [3.8, 4) is 0 Å². The summed E-state index contributed by atoms with van der Waals surface area (Å²) in [6, 6.07) is 3.42. The molecule has 0 fully saturated rings. The Hall–Kier alpha value is -2.37. The van der Waals surface area contributed by atoms with Gasteiger partial charge >= 0.3 is 5.97 Å². The lowest BCUT2D eigenvalue weighted by Gasteiger charge is -2.05. The summed E-state index contributed by atoms with van der Waals surface area (Å²) in [6.07, 6.45) is 4.85. The maximum absolute atomic E-state index is 11.4. The van der Waals surface area contributed by atoms with Gasteiger partial charge < -0.3 is 15.0 Å². The first-order valence-electron chi connectivity index (χ1n) is 5.64. The van der Waals surface area contributed by atoms with Crippen LogP contribution in [0.25, 0.3) is 0 Å². The molecule has 0 radical (unpaired) electrons. The molecule has 0 spiro atoms. The number of esters is 1. The van der Waals surface area contributed by atoms with E-state index in [2.05, 4.69) is 20.3 Å². The van der Waals surface area contributed by atoms with E-state index in [1.165, 1.54) is 6.20 Å². The van der Waals surface area contributed by atoms with E-state index in [1.807, 2.05) is 0 Å². The van der Waals surface area contributed by atoms with Crippen molar-refractivity contribution in [1.29, 1.82) is 0 Å². The molecule has 6 heteroatoms. The highest BCUT2D eigenvalue weighted by molar-refractivity contribution is 5.89. The molecule has 0 aromatic carbocycles. The number of rotatable bonds is 5. The third-order valence-corrected chi connectivity index (χ3v) is 2.29. The van der Waals surface area contributed by atoms with Gasteiger partial charge in [0, 0.05) is 12.4 Å². The summed E-state index contributed by atoms with van der Waals surface area (Å²) in [5, 5.41) is 3.11. The Labute approximate surface area is 104 Å². The van der Waals surface area contributed by atoms with Gasteiger partial charge in [-0.05, 0) is 19.1 Å². The maximum Gasteiger partial charge on any atom is 0.339 e. The van der Waals surface area contributed by atoms with Crippen molar-refractivity contribution in [1.82, 2.24) is 15.0 Å². The molecule has 6 nitrogen and oxygen atoms in total. The largest absolute Gasteiger partial charge is 0.462 e. The zero-order chi connectivity index (χ0) is 12.8. The van der Waals surface area contributed by atoms with Gasteiger partial charge in [-0.3, -0.25) is 0 Å². The summed E-state index contributed by atoms with van der Waals surface area (Å²) >= 11 is 0. The molecule has 0 bridgehead atoms. The van der Waals surface area contributed by atoms with Gasteiger partial charge in [0.2, 0.25) is 0 Å². The SMILES string of the molecule is CCOC(=O)c1ccc(NCc2cnc[nH]2)nc1. The minimum Gasteiger partial charge on any atom is -0.462 e. The second-order valence-corrected chi connectivity index (χ2v) is 3.58.